The molecule has 0 aliphatic carbocycles. The molecule has 144 valence electrons. The second-order valence-electron chi connectivity index (χ2n) is 6.41. The van der Waals surface area contributed by atoms with E-state index in [1.807, 2.05) is 0 Å². The maximum Gasteiger partial charge on any atom is 0.232 e. The Bertz CT molecular complexity index is 998. The first-order chi connectivity index (χ1) is 13.6. The summed E-state index contributed by atoms with van der Waals surface area (Å²) in [5.41, 5.74) is 0.925. The second-order valence-corrected chi connectivity index (χ2v) is 6.41. The summed E-state index contributed by atoms with van der Waals surface area (Å²) in [5, 5.41) is 4.02. The highest BCUT2D eigenvalue weighted by Gasteiger charge is 2.36. The predicted molar refractivity (Wildman–Crippen MR) is 98.9 cm³/mol. The van der Waals surface area contributed by atoms with E-state index < -0.39 is 5.82 Å². The Kier molecular flexibility index (Phi) is 4.68. The van der Waals surface area contributed by atoms with Crippen molar-refractivity contribution < 1.29 is 23.2 Å². The van der Waals surface area contributed by atoms with Gasteiger partial charge in [0, 0.05) is 24.6 Å². The fourth-order valence-electron chi connectivity index (χ4n) is 3.23. The van der Waals surface area contributed by atoms with E-state index in [0.717, 1.165) is 0 Å². The highest BCUT2D eigenvalue weighted by molar-refractivity contribution is 5.96. The Morgan fingerprint density at radius 2 is 1.86 bits per heavy atom. The van der Waals surface area contributed by atoms with Gasteiger partial charge in [0.2, 0.25) is 17.6 Å². The molecule has 2 heterocycles. The van der Waals surface area contributed by atoms with Gasteiger partial charge >= 0.3 is 0 Å². The number of ether oxygens (including phenoxy) is 2. The fraction of sp³-hybridized carbons (Fsp3) is 0.250. The smallest absolute Gasteiger partial charge is 0.232 e. The number of amides is 1. The van der Waals surface area contributed by atoms with Gasteiger partial charge in [0.1, 0.15) is 17.3 Å². The lowest BCUT2D eigenvalue weighted by molar-refractivity contribution is -0.117. The van der Waals surface area contributed by atoms with E-state index in [9.17, 15) is 9.18 Å². The Morgan fingerprint density at radius 3 is 2.54 bits per heavy atom. The lowest BCUT2D eigenvalue weighted by Gasteiger charge is -2.16. The largest absolute Gasteiger partial charge is 0.497 e. The van der Waals surface area contributed by atoms with Gasteiger partial charge in [-0.15, -0.1) is 0 Å². The molecule has 1 aromatic heterocycles. The Balaban J connectivity index is 1.59. The third-order valence-corrected chi connectivity index (χ3v) is 4.67. The van der Waals surface area contributed by atoms with Crippen LogP contribution >= 0.6 is 0 Å². The monoisotopic (exact) mass is 383 g/mol. The van der Waals surface area contributed by atoms with Gasteiger partial charge in [-0.2, -0.15) is 4.98 Å². The SMILES string of the molecule is COc1cc(OC)cc(-c2noc(C3CC(=O)N(c4ccccc4F)C3)n2)c1. The van der Waals surface area contributed by atoms with Gasteiger partial charge in [-0.05, 0) is 24.3 Å². The second kappa shape index (κ2) is 7.30. The molecule has 0 spiro atoms. The lowest BCUT2D eigenvalue weighted by Crippen LogP contribution is -2.25. The van der Waals surface area contributed by atoms with Gasteiger partial charge in [0.05, 0.1) is 25.8 Å². The van der Waals surface area contributed by atoms with Crippen molar-refractivity contribution in [3.8, 4) is 22.9 Å². The van der Waals surface area contributed by atoms with Crippen LogP contribution in [0.4, 0.5) is 10.1 Å². The van der Waals surface area contributed by atoms with Crippen LogP contribution in [0.2, 0.25) is 0 Å². The average molecular weight is 383 g/mol. The molecule has 1 fully saturated rings. The molecule has 1 amide bonds. The summed E-state index contributed by atoms with van der Waals surface area (Å²) < 4.78 is 30.0. The minimum absolute atomic E-state index is 0.178. The molecule has 0 saturated carbocycles. The van der Waals surface area contributed by atoms with Crippen molar-refractivity contribution in [2.75, 3.05) is 25.7 Å². The van der Waals surface area contributed by atoms with Crippen molar-refractivity contribution in [2.45, 2.75) is 12.3 Å². The van der Waals surface area contributed by atoms with Gasteiger partial charge in [-0.1, -0.05) is 17.3 Å². The summed E-state index contributed by atoms with van der Waals surface area (Å²) in [5.74, 6) is 0.975. The van der Waals surface area contributed by atoms with Gasteiger partial charge in [-0.3, -0.25) is 4.79 Å². The molecular weight excluding hydrogens is 365 g/mol. The van der Waals surface area contributed by atoms with E-state index >= 15 is 0 Å². The molecule has 8 heteroatoms. The summed E-state index contributed by atoms with van der Waals surface area (Å²) in [6, 6.07) is 11.5. The van der Waals surface area contributed by atoms with Crippen molar-refractivity contribution >= 4 is 11.6 Å². The number of rotatable bonds is 5. The zero-order valence-corrected chi connectivity index (χ0v) is 15.4. The molecule has 2 aromatic carbocycles. The third-order valence-electron chi connectivity index (χ3n) is 4.67. The van der Waals surface area contributed by atoms with Crippen molar-refractivity contribution in [1.82, 2.24) is 10.1 Å². The van der Waals surface area contributed by atoms with E-state index in [1.165, 1.54) is 11.0 Å². The number of nitrogens with zero attached hydrogens (tertiary/aromatic N) is 3. The third kappa shape index (κ3) is 3.28. The summed E-state index contributed by atoms with van der Waals surface area (Å²) in [4.78, 5) is 18.2. The molecule has 28 heavy (non-hydrogen) atoms. The molecule has 0 bridgehead atoms. The van der Waals surface area contributed by atoms with E-state index in [0.29, 0.717) is 28.8 Å². The molecule has 0 N–H and O–H groups in total. The van der Waals surface area contributed by atoms with Crippen molar-refractivity contribution in [1.29, 1.82) is 0 Å². The van der Waals surface area contributed by atoms with Crippen molar-refractivity contribution in [3.63, 3.8) is 0 Å². The van der Waals surface area contributed by atoms with Crippen LogP contribution in [0.5, 0.6) is 11.5 Å². The van der Waals surface area contributed by atoms with Gasteiger partial charge in [0.15, 0.2) is 0 Å². The molecule has 4 rings (SSSR count). The lowest BCUT2D eigenvalue weighted by atomic mass is 10.1. The summed E-state index contributed by atoms with van der Waals surface area (Å²) in [7, 11) is 3.11. The summed E-state index contributed by atoms with van der Waals surface area (Å²) in [6.45, 7) is 0.281. The van der Waals surface area contributed by atoms with Crippen molar-refractivity contribution in [3.05, 3.63) is 54.2 Å². The summed E-state index contributed by atoms with van der Waals surface area (Å²) >= 11 is 0. The van der Waals surface area contributed by atoms with E-state index in [2.05, 4.69) is 10.1 Å². The molecule has 1 aliphatic rings. The topological polar surface area (TPSA) is 77.7 Å². The number of halogens is 1. The van der Waals surface area contributed by atoms with Crippen LogP contribution < -0.4 is 14.4 Å². The van der Waals surface area contributed by atoms with E-state index in [4.69, 9.17) is 14.0 Å². The maximum atomic E-state index is 14.0. The highest BCUT2D eigenvalue weighted by Crippen LogP contribution is 2.34. The van der Waals surface area contributed by atoms with Crippen LogP contribution in [0.25, 0.3) is 11.4 Å². The van der Waals surface area contributed by atoms with Gasteiger partial charge < -0.3 is 18.9 Å². The zero-order valence-electron chi connectivity index (χ0n) is 15.4. The molecule has 3 aromatic rings. The van der Waals surface area contributed by atoms with Crippen LogP contribution in [0.15, 0.2) is 47.0 Å². The molecule has 1 unspecified atom stereocenters. The Labute approximate surface area is 160 Å². The number of carbonyl (C=O) groups is 1. The number of methoxy groups -OCH3 is 2. The first kappa shape index (κ1) is 18.0. The van der Waals surface area contributed by atoms with E-state index in [1.54, 1.807) is 50.6 Å². The normalized spacial score (nSPS) is 16.5. The van der Waals surface area contributed by atoms with Crippen LogP contribution in [0.1, 0.15) is 18.2 Å². The Morgan fingerprint density at radius 1 is 1.14 bits per heavy atom. The highest BCUT2D eigenvalue weighted by atomic mass is 19.1. The number of hydrogen-bond acceptors (Lipinski definition) is 6. The zero-order chi connectivity index (χ0) is 19.7. The first-order valence-corrected chi connectivity index (χ1v) is 8.71. The van der Waals surface area contributed by atoms with Gasteiger partial charge in [-0.25, -0.2) is 4.39 Å². The number of anilines is 1. The van der Waals surface area contributed by atoms with E-state index in [-0.39, 0.29) is 30.5 Å². The standard InChI is InChI=1S/C20H18FN3O4/c1-26-14-7-12(8-15(10-14)27-2)19-22-20(28-23-19)13-9-18(25)24(11-13)17-6-4-3-5-16(17)21/h3-8,10,13H,9,11H2,1-2H3. The van der Waals surface area contributed by atoms with Gasteiger partial charge in [0.25, 0.3) is 0 Å². The minimum Gasteiger partial charge on any atom is -0.497 e. The molecule has 1 saturated heterocycles. The predicted octanol–water partition coefficient (Wildman–Crippen LogP) is 3.41. The van der Waals surface area contributed by atoms with Crippen LogP contribution in [-0.2, 0) is 4.79 Å². The Hall–Kier alpha value is -3.42. The number of benzene rings is 2. The molecule has 1 aliphatic heterocycles. The number of aromatic nitrogens is 2. The molecular formula is C20H18FN3O4. The fourth-order valence-corrected chi connectivity index (χ4v) is 3.23. The molecule has 0 radical (unpaired) electrons. The van der Waals surface area contributed by atoms with Crippen LogP contribution in [0.3, 0.4) is 0 Å². The minimum atomic E-state index is -0.439. The van der Waals surface area contributed by atoms with Crippen molar-refractivity contribution in [2.24, 2.45) is 0 Å². The van der Waals surface area contributed by atoms with Crippen LogP contribution in [-0.4, -0.2) is 36.8 Å². The van der Waals surface area contributed by atoms with Crippen LogP contribution in [0, 0.1) is 5.82 Å². The number of para-hydroxylation sites is 1. The quantitative estimate of drug-likeness (QED) is 0.672. The maximum absolute atomic E-state index is 14.0. The molecule has 1 atom stereocenters. The molecule has 7 nitrogen and oxygen atoms in total. The number of hydrogen-bond donors (Lipinski definition) is 0. The average Bonchev–Trinajstić information content (AvgIpc) is 3.35. The summed E-state index contributed by atoms with van der Waals surface area (Å²) in [6.07, 6.45) is 0.178. The first-order valence-electron chi connectivity index (χ1n) is 8.71. The number of carbonyl (C=O) groups excluding carboxylic acids is 1.